The molecule has 0 unspecified atom stereocenters. The zero-order valence-corrected chi connectivity index (χ0v) is 17.0. The molecule has 0 radical (unpaired) electrons. The van der Waals surface area contributed by atoms with Crippen LogP contribution < -0.4 is 4.90 Å². The lowest BCUT2D eigenvalue weighted by Crippen LogP contribution is -2.31. The molecule has 3 rings (SSSR count). The number of nitrogens with zero attached hydrogens (tertiary/aromatic N) is 2. The van der Waals surface area contributed by atoms with Crippen LogP contribution in [0, 0.1) is 28.7 Å². The summed E-state index contributed by atoms with van der Waals surface area (Å²) in [6.07, 6.45) is -0.725. The second-order valence-corrected chi connectivity index (χ2v) is 7.42. The highest BCUT2D eigenvalue weighted by Gasteiger charge is 2.24. The fraction of sp³-hybridized carbons (Fsp3) is 0.190. The Morgan fingerprint density at radius 2 is 1.80 bits per heavy atom. The van der Waals surface area contributed by atoms with E-state index in [-0.39, 0.29) is 24.4 Å². The average Bonchev–Trinajstić information content (AvgIpc) is 3.09. The van der Waals surface area contributed by atoms with E-state index in [1.807, 2.05) is 6.92 Å². The topological polar surface area (TPSA) is 72.7 Å². The summed E-state index contributed by atoms with van der Waals surface area (Å²) in [4.78, 5) is 24.9. The van der Waals surface area contributed by atoms with Crippen LogP contribution in [0.15, 0.2) is 48.5 Å². The Morgan fingerprint density at radius 1 is 1.17 bits per heavy atom. The van der Waals surface area contributed by atoms with E-state index >= 15 is 0 Å². The summed E-state index contributed by atoms with van der Waals surface area (Å²) < 4.78 is 33.4. The first kappa shape index (κ1) is 21.4. The number of anilines is 1. The summed E-state index contributed by atoms with van der Waals surface area (Å²) in [5.41, 5.74) is 1.27. The number of ether oxygens (including phenoxy) is 1. The molecule has 156 valence electrons. The number of carbonyl (C=O) groups excluding carboxylic acids is 1. The van der Waals surface area contributed by atoms with Crippen molar-refractivity contribution in [3.63, 3.8) is 0 Å². The number of hydrogen-bond donors (Lipinski definition) is 0. The third-order valence-electron chi connectivity index (χ3n) is 4.38. The Bertz CT molecular complexity index is 1060. The largest absolute Gasteiger partial charge is 0.449 e. The first-order valence-corrected chi connectivity index (χ1v) is 9.86. The second-order valence-electron chi connectivity index (χ2n) is 6.39. The molecule has 0 spiro atoms. The van der Waals surface area contributed by atoms with Gasteiger partial charge >= 0.3 is 6.09 Å². The molecule has 1 heterocycles. The molecule has 0 aliphatic rings. The van der Waals surface area contributed by atoms with Crippen molar-refractivity contribution in [1.82, 2.24) is 0 Å². The molecule has 0 atom stereocenters. The number of halogens is 2. The van der Waals surface area contributed by atoms with Gasteiger partial charge in [0.1, 0.15) is 16.6 Å². The van der Waals surface area contributed by atoms with Crippen LogP contribution in [0.3, 0.4) is 0 Å². The molecule has 0 fully saturated rings. The van der Waals surface area contributed by atoms with E-state index in [0.717, 1.165) is 28.1 Å². The van der Waals surface area contributed by atoms with Crippen LogP contribution in [0.2, 0.25) is 0 Å². The minimum atomic E-state index is -0.756. The molecule has 0 saturated heterocycles. The summed E-state index contributed by atoms with van der Waals surface area (Å²) in [6.45, 7) is 3.23. The number of thiophene rings is 1. The predicted octanol–water partition coefficient (Wildman–Crippen LogP) is 6.07. The molecular formula is C21H18F2N2O4S. The highest BCUT2D eigenvalue weighted by molar-refractivity contribution is 7.19. The zero-order chi connectivity index (χ0) is 21.8. The van der Waals surface area contributed by atoms with Gasteiger partial charge in [-0.25, -0.2) is 13.6 Å². The van der Waals surface area contributed by atoms with Gasteiger partial charge in [-0.05, 0) is 55.3 Å². The normalized spacial score (nSPS) is 10.7. The van der Waals surface area contributed by atoms with Crippen molar-refractivity contribution in [3.8, 4) is 10.4 Å². The minimum absolute atomic E-state index is 0.0311. The average molecular weight is 432 g/mol. The van der Waals surface area contributed by atoms with Crippen LogP contribution in [0.1, 0.15) is 18.1 Å². The van der Waals surface area contributed by atoms with Crippen LogP contribution in [-0.2, 0) is 11.3 Å². The van der Waals surface area contributed by atoms with Crippen LogP contribution in [0.5, 0.6) is 0 Å². The maximum atomic E-state index is 14.2. The maximum absolute atomic E-state index is 14.2. The Labute approximate surface area is 175 Å². The van der Waals surface area contributed by atoms with Gasteiger partial charge in [0.25, 0.3) is 5.69 Å². The van der Waals surface area contributed by atoms with E-state index in [4.69, 9.17) is 4.74 Å². The first-order chi connectivity index (χ1) is 14.3. The van der Waals surface area contributed by atoms with Gasteiger partial charge < -0.3 is 4.74 Å². The van der Waals surface area contributed by atoms with Gasteiger partial charge in [-0.15, -0.1) is 11.3 Å². The van der Waals surface area contributed by atoms with Gasteiger partial charge in [0.2, 0.25) is 0 Å². The number of carbonyl (C=O) groups is 1. The summed E-state index contributed by atoms with van der Waals surface area (Å²) >= 11 is 1.23. The number of rotatable bonds is 6. The van der Waals surface area contributed by atoms with Crippen LogP contribution in [-0.4, -0.2) is 17.6 Å². The van der Waals surface area contributed by atoms with Crippen LogP contribution in [0.4, 0.5) is 24.3 Å². The number of nitro groups is 1. The van der Waals surface area contributed by atoms with Gasteiger partial charge in [0.05, 0.1) is 18.1 Å². The van der Waals surface area contributed by atoms with Crippen molar-refractivity contribution >= 4 is 28.1 Å². The fourth-order valence-corrected chi connectivity index (χ4v) is 4.06. The Balaban J connectivity index is 1.99. The van der Waals surface area contributed by atoms with E-state index in [2.05, 4.69) is 0 Å². The number of hydrogen-bond acceptors (Lipinski definition) is 5. The zero-order valence-electron chi connectivity index (χ0n) is 16.2. The maximum Gasteiger partial charge on any atom is 0.415 e. The summed E-state index contributed by atoms with van der Waals surface area (Å²) in [5.74, 6) is -1.51. The van der Waals surface area contributed by atoms with Gasteiger partial charge in [-0.2, -0.15) is 0 Å². The highest BCUT2D eigenvalue weighted by Crippen LogP contribution is 2.39. The van der Waals surface area contributed by atoms with E-state index < -0.39 is 22.7 Å². The van der Waals surface area contributed by atoms with Gasteiger partial charge in [0.15, 0.2) is 0 Å². The molecule has 9 heteroatoms. The number of benzene rings is 2. The number of amides is 1. The summed E-state index contributed by atoms with van der Waals surface area (Å²) in [5, 5.41) is 11.3. The quantitative estimate of drug-likeness (QED) is 0.350. The second kappa shape index (κ2) is 9.00. The van der Waals surface area contributed by atoms with Crippen molar-refractivity contribution in [1.29, 1.82) is 0 Å². The van der Waals surface area contributed by atoms with E-state index in [0.29, 0.717) is 5.00 Å². The van der Waals surface area contributed by atoms with Crippen LogP contribution >= 0.6 is 11.3 Å². The van der Waals surface area contributed by atoms with Crippen molar-refractivity contribution < 1.29 is 23.2 Å². The molecule has 6 nitrogen and oxygen atoms in total. The van der Waals surface area contributed by atoms with Crippen molar-refractivity contribution in [2.75, 3.05) is 11.5 Å². The van der Waals surface area contributed by atoms with E-state index in [1.165, 1.54) is 34.4 Å². The molecular weight excluding hydrogens is 414 g/mol. The van der Waals surface area contributed by atoms with Gasteiger partial charge in [-0.1, -0.05) is 6.07 Å². The number of aryl methyl sites for hydroxylation is 1. The molecule has 0 N–H and O–H groups in total. The molecule has 1 aromatic heterocycles. The van der Waals surface area contributed by atoms with Gasteiger partial charge in [-0.3, -0.25) is 15.0 Å². The standard InChI is InChI=1S/C21H18F2N2O4S/c1-3-29-21(26)24(12-16-17(22)5-4-6-18(16)23)19-11-13(2)20(30-19)14-7-9-15(10-8-14)25(27)28/h4-11H,3,12H2,1-2H3. The number of non-ortho nitro benzene ring substituents is 1. The smallest absolute Gasteiger partial charge is 0.415 e. The van der Waals surface area contributed by atoms with Crippen molar-refractivity contribution in [2.45, 2.75) is 20.4 Å². The third-order valence-corrected chi connectivity index (χ3v) is 5.69. The van der Waals surface area contributed by atoms with Crippen molar-refractivity contribution in [3.05, 3.63) is 81.4 Å². The summed E-state index contributed by atoms with van der Waals surface area (Å²) in [6, 6.07) is 11.3. The molecule has 0 aliphatic carbocycles. The highest BCUT2D eigenvalue weighted by atomic mass is 32.1. The molecule has 3 aromatic rings. The minimum Gasteiger partial charge on any atom is -0.449 e. The van der Waals surface area contributed by atoms with Crippen molar-refractivity contribution in [2.24, 2.45) is 0 Å². The summed E-state index contributed by atoms with van der Waals surface area (Å²) in [7, 11) is 0. The lowest BCUT2D eigenvalue weighted by Gasteiger charge is -2.21. The Kier molecular flexibility index (Phi) is 6.41. The lowest BCUT2D eigenvalue weighted by molar-refractivity contribution is -0.384. The fourth-order valence-electron chi connectivity index (χ4n) is 2.89. The Morgan fingerprint density at radius 3 is 2.37 bits per heavy atom. The van der Waals surface area contributed by atoms with Crippen LogP contribution in [0.25, 0.3) is 10.4 Å². The molecule has 30 heavy (non-hydrogen) atoms. The molecule has 0 aliphatic heterocycles. The molecule has 2 aromatic carbocycles. The predicted molar refractivity (Wildman–Crippen MR) is 111 cm³/mol. The third kappa shape index (κ3) is 4.46. The van der Waals surface area contributed by atoms with E-state index in [9.17, 15) is 23.7 Å². The number of nitro benzene ring substituents is 1. The Hall–Kier alpha value is -3.33. The first-order valence-electron chi connectivity index (χ1n) is 9.04. The van der Waals surface area contributed by atoms with Gasteiger partial charge in [0, 0.05) is 22.6 Å². The lowest BCUT2D eigenvalue weighted by atomic mass is 10.1. The SMILES string of the molecule is CCOC(=O)N(Cc1c(F)cccc1F)c1cc(C)c(-c2ccc([N+](=O)[O-])cc2)s1. The monoisotopic (exact) mass is 432 g/mol. The molecule has 0 bridgehead atoms. The molecule has 0 saturated carbocycles. The molecule has 1 amide bonds. The van der Waals surface area contributed by atoms with E-state index in [1.54, 1.807) is 25.1 Å².